The number of nitrogens with one attached hydrogen (secondary N) is 1. The Morgan fingerprint density at radius 3 is 2.70 bits per heavy atom. The van der Waals surface area contributed by atoms with Crippen molar-refractivity contribution in [2.75, 3.05) is 46.4 Å². The molecule has 37 heavy (non-hydrogen) atoms. The highest BCUT2D eigenvalue weighted by Gasteiger charge is 2.40. The van der Waals surface area contributed by atoms with Gasteiger partial charge < -0.3 is 14.4 Å². The number of benzene rings is 1. The highest BCUT2D eigenvalue weighted by atomic mass is 16.5. The van der Waals surface area contributed by atoms with Crippen LogP contribution in [0.25, 0.3) is 11.0 Å². The van der Waals surface area contributed by atoms with Gasteiger partial charge in [-0.05, 0) is 50.3 Å². The number of nitrogens with zero attached hydrogens (tertiary/aromatic N) is 4. The van der Waals surface area contributed by atoms with Crippen LogP contribution in [0.4, 0.5) is 4.79 Å². The van der Waals surface area contributed by atoms with E-state index in [0.29, 0.717) is 26.1 Å². The molecule has 3 saturated heterocycles. The Morgan fingerprint density at radius 1 is 1.19 bits per heavy atom. The Hall–Kier alpha value is -3.18. The highest BCUT2D eigenvalue weighted by Crippen LogP contribution is 2.31. The number of fused-ring (bicyclic) bond motifs is 1. The molecule has 1 atom stereocenters. The van der Waals surface area contributed by atoms with Gasteiger partial charge in [0.1, 0.15) is 6.04 Å². The molecular formula is C26H35N5O6. The van der Waals surface area contributed by atoms with E-state index in [-0.39, 0.29) is 29.7 Å². The topological polar surface area (TPSA) is 115 Å². The molecule has 0 aliphatic carbocycles. The van der Waals surface area contributed by atoms with Crippen molar-refractivity contribution < 1.29 is 23.9 Å². The van der Waals surface area contributed by atoms with Gasteiger partial charge in [-0.3, -0.25) is 28.9 Å². The number of rotatable bonds is 5. The molecule has 200 valence electrons. The Balaban J connectivity index is 1.25. The van der Waals surface area contributed by atoms with Gasteiger partial charge in [-0.2, -0.15) is 0 Å². The Labute approximate surface area is 215 Å². The number of aryl methyl sites for hydroxylation is 2. The quantitative estimate of drug-likeness (QED) is 0.597. The van der Waals surface area contributed by atoms with Gasteiger partial charge in [0.05, 0.1) is 30.4 Å². The van der Waals surface area contributed by atoms with Gasteiger partial charge in [0.25, 0.3) is 0 Å². The number of carbonyl (C=O) groups excluding carboxylic acids is 3. The number of piperidine rings is 2. The number of hydrogen-bond acceptors (Lipinski definition) is 7. The first-order chi connectivity index (χ1) is 17.8. The van der Waals surface area contributed by atoms with Crippen LogP contribution in [0.1, 0.15) is 43.7 Å². The molecular weight excluding hydrogens is 478 g/mol. The van der Waals surface area contributed by atoms with E-state index >= 15 is 0 Å². The van der Waals surface area contributed by atoms with Crippen molar-refractivity contribution in [2.24, 2.45) is 7.05 Å². The zero-order valence-electron chi connectivity index (χ0n) is 21.5. The summed E-state index contributed by atoms with van der Waals surface area (Å²) >= 11 is 0. The molecule has 1 N–H and O–H groups in total. The largest absolute Gasteiger partial charge is 0.453 e. The number of imidazole rings is 1. The lowest BCUT2D eigenvalue weighted by molar-refractivity contribution is -0.135. The van der Waals surface area contributed by atoms with Gasteiger partial charge in [0.15, 0.2) is 0 Å². The summed E-state index contributed by atoms with van der Waals surface area (Å²) in [5.41, 5.74) is 2.17. The number of morpholine rings is 1. The number of amides is 3. The predicted molar refractivity (Wildman–Crippen MR) is 135 cm³/mol. The molecule has 5 rings (SSSR count). The van der Waals surface area contributed by atoms with E-state index in [1.54, 1.807) is 16.5 Å². The maximum atomic E-state index is 13.2. The first kappa shape index (κ1) is 25.5. The molecule has 3 fully saturated rings. The van der Waals surface area contributed by atoms with E-state index in [2.05, 4.69) is 10.2 Å². The molecule has 1 unspecified atom stereocenters. The van der Waals surface area contributed by atoms with E-state index in [1.807, 2.05) is 18.2 Å². The minimum Gasteiger partial charge on any atom is -0.453 e. The lowest BCUT2D eigenvalue weighted by atomic mass is 9.89. The van der Waals surface area contributed by atoms with Crippen LogP contribution in [0.5, 0.6) is 0 Å². The van der Waals surface area contributed by atoms with Crippen molar-refractivity contribution in [3.8, 4) is 0 Å². The third-order valence-corrected chi connectivity index (χ3v) is 8.06. The van der Waals surface area contributed by atoms with Crippen LogP contribution in [0.15, 0.2) is 23.0 Å². The number of methoxy groups -OCH3 is 1. The number of hydrogen-bond donors (Lipinski definition) is 1. The summed E-state index contributed by atoms with van der Waals surface area (Å²) in [6.07, 6.45) is 3.58. The minimum atomic E-state index is -0.681. The van der Waals surface area contributed by atoms with Gasteiger partial charge in [0.2, 0.25) is 11.8 Å². The summed E-state index contributed by atoms with van der Waals surface area (Å²) in [6.45, 7) is 4.58. The summed E-state index contributed by atoms with van der Waals surface area (Å²) < 4.78 is 14.2. The number of imide groups is 1. The third kappa shape index (κ3) is 4.89. The molecule has 1 aromatic carbocycles. The van der Waals surface area contributed by atoms with E-state index in [4.69, 9.17) is 9.47 Å². The number of para-hydroxylation sites is 1. The van der Waals surface area contributed by atoms with Crippen LogP contribution in [-0.2, 0) is 32.5 Å². The SMILES string of the molecule is COC(=O)N1CCC2(CC1)CN(CCCc1cccc3c1n(C)c(=O)n3C1CCC(=O)NC1=O)CCO2. The summed E-state index contributed by atoms with van der Waals surface area (Å²) in [5.74, 6) is -0.718. The molecule has 3 aliphatic rings. The molecule has 3 amide bonds. The van der Waals surface area contributed by atoms with Gasteiger partial charge >= 0.3 is 11.8 Å². The average Bonchev–Trinajstić information content (AvgIpc) is 3.15. The van der Waals surface area contributed by atoms with Crippen LogP contribution < -0.4 is 11.0 Å². The van der Waals surface area contributed by atoms with Crippen LogP contribution >= 0.6 is 0 Å². The fourth-order valence-electron chi connectivity index (χ4n) is 6.09. The maximum absolute atomic E-state index is 13.2. The zero-order chi connectivity index (χ0) is 26.2. The second-order valence-electron chi connectivity index (χ2n) is 10.3. The normalized spacial score (nSPS) is 22.4. The molecule has 0 bridgehead atoms. The van der Waals surface area contributed by atoms with Crippen LogP contribution in [0.3, 0.4) is 0 Å². The van der Waals surface area contributed by atoms with E-state index in [0.717, 1.165) is 61.9 Å². The van der Waals surface area contributed by atoms with Gasteiger partial charge in [0, 0.05) is 39.6 Å². The summed E-state index contributed by atoms with van der Waals surface area (Å²) in [7, 11) is 3.15. The summed E-state index contributed by atoms with van der Waals surface area (Å²) in [5, 5.41) is 2.36. The molecule has 3 aliphatic heterocycles. The smallest absolute Gasteiger partial charge is 0.409 e. The monoisotopic (exact) mass is 513 g/mol. The number of ether oxygens (including phenoxy) is 2. The Kier molecular flexibility index (Phi) is 7.09. The molecule has 1 spiro atoms. The van der Waals surface area contributed by atoms with Crippen molar-refractivity contribution in [1.82, 2.24) is 24.3 Å². The number of carbonyl (C=O) groups is 3. The van der Waals surface area contributed by atoms with E-state index < -0.39 is 11.9 Å². The van der Waals surface area contributed by atoms with Gasteiger partial charge in [-0.1, -0.05) is 12.1 Å². The van der Waals surface area contributed by atoms with E-state index in [9.17, 15) is 19.2 Å². The molecule has 0 saturated carbocycles. The second kappa shape index (κ2) is 10.3. The molecule has 11 nitrogen and oxygen atoms in total. The first-order valence-corrected chi connectivity index (χ1v) is 13.0. The van der Waals surface area contributed by atoms with Crippen molar-refractivity contribution in [2.45, 2.75) is 50.2 Å². The minimum absolute atomic E-state index is 0.216. The van der Waals surface area contributed by atoms with Crippen molar-refractivity contribution in [3.05, 3.63) is 34.2 Å². The molecule has 2 aromatic rings. The zero-order valence-corrected chi connectivity index (χ0v) is 21.5. The Morgan fingerprint density at radius 2 is 1.97 bits per heavy atom. The maximum Gasteiger partial charge on any atom is 0.409 e. The van der Waals surface area contributed by atoms with Crippen LogP contribution in [0, 0.1) is 0 Å². The molecule has 1 aromatic heterocycles. The van der Waals surface area contributed by atoms with Crippen molar-refractivity contribution in [1.29, 1.82) is 0 Å². The number of likely N-dealkylation sites (tertiary alicyclic amines) is 1. The number of aromatic nitrogens is 2. The average molecular weight is 514 g/mol. The van der Waals surface area contributed by atoms with Gasteiger partial charge in [-0.25, -0.2) is 9.59 Å². The summed E-state index contributed by atoms with van der Waals surface area (Å²) in [6, 6.07) is 5.16. The first-order valence-electron chi connectivity index (χ1n) is 13.0. The summed E-state index contributed by atoms with van der Waals surface area (Å²) in [4.78, 5) is 53.3. The van der Waals surface area contributed by atoms with E-state index in [1.165, 1.54) is 11.7 Å². The highest BCUT2D eigenvalue weighted by molar-refractivity contribution is 6.00. The lowest BCUT2D eigenvalue weighted by Gasteiger charge is -2.47. The third-order valence-electron chi connectivity index (χ3n) is 8.06. The predicted octanol–water partition coefficient (Wildman–Crippen LogP) is 1.18. The van der Waals surface area contributed by atoms with Crippen LogP contribution in [-0.4, -0.2) is 88.9 Å². The Bertz CT molecular complexity index is 1260. The fraction of sp³-hybridized carbons (Fsp3) is 0.615. The van der Waals surface area contributed by atoms with Crippen molar-refractivity contribution >= 4 is 28.9 Å². The molecule has 0 radical (unpaired) electrons. The standard InChI is InChI=1S/C26H35N5O6/c1-28-22-18(5-3-7-19(22)31(24(28)34)20-8-9-21(32)27-23(20)33)6-4-12-29-15-16-37-26(17-29)10-13-30(14-11-26)25(35)36-2/h3,5,7,20H,4,6,8-17H2,1-2H3,(H,27,32,33). The second-order valence-corrected chi connectivity index (χ2v) is 10.3. The van der Waals surface area contributed by atoms with Crippen molar-refractivity contribution in [3.63, 3.8) is 0 Å². The lowest BCUT2D eigenvalue weighted by Crippen LogP contribution is -2.57. The van der Waals surface area contributed by atoms with Crippen LogP contribution in [0.2, 0.25) is 0 Å². The molecule has 11 heteroatoms. The van der Waals surface area contributed by atoms with Gasteiger partial charge in [-0.15, -0.1) is 0 Å². The fourth-order valence-corrected chi connectivity index (χ4v) is 6.09. The molecule has 4 heterocycles.